The Kier molecular flexibility index (Phi) is 3.73. The molecule has 23 heavy (non-hydrogen) atoms. The van der Waals surface area contributed by atoms with Crippen molar-refractivity contribution < 1.29 is 4.92 Å². The SMILES string of the molecule is Cc1nn(C)c(NCCc2cn3cccc(C)c3n2)c1[N+](=O)[O-]. The zero-order valence-corrected chi connectivity index (χ0v) is 13.3. The van der Waals surface area contributed by atoms with Crippen LogP contribution in [-0.4, -0.2) is 30.6 Å². The highest BCUT2D eigenvalue weighted by atomic mass is 16.6. The van der Waals surface area contributed by atoms with Crippen LogP contribution in [0, 0.1) is 24.0 Å². The van der Waals surface area contributed by atoms with Gasteiger partial charge in [-0.25, -0.2) is 9.67 Å². The Morgan fingerprint density at radius 2 is 2.17 bits per heavy atom. The van der Waals surface area contributed by atoms with E-state index in [0.29, 0.717) is 24.5 Å². The predicted octanol–water partition coefficient (Wildman–Crippen LogP) is 2.25. The summed E-state index contributed by atoms with van der Waals surface area (Å²) in [5.41, 5.74) is 3.42. The van der Waals surface area contributed by atoms with Gasteiger partial charge in [-0.1, -0.05) is 6.07 Å². The monoisotopic (exact) mass is 314 g/mol. The molecule has 3 rings (SSSR count). The first kappa shape index (κ1) is 15.0. The molecule has 3 heterocycles. The molecule has 3 aromatic heterocycles. The lowest BCUT2D eigenvalue weighted by atomic mass is 10.3. The molecule has 0 radical (unpaired) electrons. The summed E-state index contributed by atoms with van der Waals surface area (Å²) < 4.78 is 3.49. The molecule has 0 aliphatic rings. The second-order valence-electron chi connectivity index (χ2n) is 5.49. The molecule has 0 spiro atoms. The predicted molar refractivity (Wildman–Crippen MR) is 86.7 cm³/mol. The van der Waals surface area contributed by atoms with Crippen LogP contribution in [0.1, 0.15) is 17.0 Å². The van der Waals surface area contributed by atoms with Crippen LogP contribution in [0.3, 0.4) is 0 Å². The van der Waals surface area contributed by atoms with Crippen molar-refractivity contribution in [1.29, 1.82) is 0 Å². The van der Waals surface area contributed by atoms with Crippen molar-refractivity contribution in [1.82, 2.24) is 19.2 Å². The third-order valence-electron chi connectivity index (χ3n) is 3.77. The third kappa shape index (κ3) is 2.75. The molecule has 120 valence electrons. The van der Waals surface area contributed by atoms with Gasteiger partial charge in [0, 0.05) is 32.4 Å². The van der Waals surface area contributed by atoms with Crippen LogP contribution in [0.15, 0.2) is 24.5 Å². The van der Waals surface area contributed by atoms with Crippen LogP contribution in [0.5, 0.6) is 0 Å². The Hall–Kier alpha value is -2.90. The lowest BCUT2D eigenvalue weighted by Gasteiger charge is -2.04. The lowest BCUT2D eigenvalue weighted by Crippen LogP contribution is -2.10. The highest BCUT2D eigenvalue weighted by molar-refractivity contribution is 5.59. The van der Waals surface area contributed by atoms with Gasteiger partial charge in [0.25, 0.3) is 0 Å². The first-order valence-electron chi connectivity index (χ1n) is 7.32. The second-order valence-corrected chi connectivity index (χ2v) is 5.49. The number of nitrogens with one attached hydrogen (secondary N) is 1. The molecule has 0 aromatic carbocycles. The van der Waals surface area contributed by atoms with E-state index < -0.39 is 4.92 Å². The van der Waals surface area contributed by atoms with Crippen LogP contribution in [0.25, 0.3) is 5.65 Å². The summed E-state index contributed by atoms with van der Waals surface area (Å²) in [6.45, 7) is 4.20. The number of hydrogen-bond acceptors (Lipinski definition) is 5. The van der Waals surface area contributed by atoms with E-state index in [1.54, 1.807) is 14.0 Å². The number of nitrogens with zero attached hydrogens (tertiary/aromatic N) is 5. The van der Waals surface area contributed by atoms with E-state index >= 15 is 0 Å². The van der Waals surface area contributed by atoms with Crippen LogP contribution in [0.4, 0.5) is 11.5 Å². The lowest BCUT2D eigenvalue weighted by molar-refractivity contribution is -0.384. The second kappa shape index (κ2) is 5.71. The quantitative estimate of drug-likeness (QED) is 0.576. The number of rotatable bonds is 5. The average molecular weight is 314 g/mol. The number of fused-ring (bicyclic) bond motifs is 1. The summed E-state index contributed by atoms with van der Waals surface area (Å²) >= 11 is 0. The van der Waals surface area contributed by atoms with Crippen LogP contribution in [0.2, 0.25) is 0 Å². The van der Waals surface area contributed by atoms with E-state index in [2.05, 4.69) is 15.4 Å². The van der Waals surface area contributed by atoms with Gasteiger partial charge in [0.05, 0.1) is 10.6 Å². The fraction of sp³-hybridized carbons (Fsp3) is 0.333. The molecule has 1 N–H and O–H groups in total. The van der Waals surface area contributed by atoms with Gasteiger partial charge in [-0.05, 0) is 25.5 Å². The molecule has 0 bridgehead atoms. The maximum Gasteiger partial charge on any atom is 0.333 e. The van der Waals surface area contributed by atoms with Crippen molar-refractivity contribution in [3.05, 3.63) is 51.6 Å². The third-order valence-corrected chi connectivity index (χ3v) is 3.77. The minimum atomic E-state index is -0.404. The molecular formula is C15H18N6O2. The van der Waals surface area contributed by atoms with E-state index in [-0.39, 0.29) is 5.69 Å². The maximum absolute atomic E-state index is 11.1. The summed E-state index contributed by atoms with van der Waals surface area (Å²) in [4.78, 5) is 15.3. The molecule has 0 unspecified atom stereocenters. The Morgan fingerprint density at radius 1 is 1.39 bits per heavy atom. The van der Waals surface area contributed by atoms with Crippen molar-refractivity contribution in [2.45, 2.75) is 20.3 Å². The van der Waals surface area contributed by atoms with E-state index in [1.807, 2.05) is 35.9 Å². The molecule has 3 aromatic rings. The number of anilines is 1. The normalized spacial score (nSPS) is 11.1. The molecular weight excluding hydrogens is 296 g/mol. The van der Waals surface area contributed by atoms with Gasteiger partial charge in [0.15, 0.2) is 0 Å². The van der Waals surface area contributed by atoms with Crippen molar-refractivity contribution in [2.75, 3.05) is 11.9 Å². The molecule has 0 saturated carbocycles. The molecule has 0 aliphatic heterocycles. The Labute approximate surface area is 132 Å². The van der Waals surface area contributed by atoms with Crippen molar-refractivity contribution in [3.8, 4) is 0 Å². The highest BCUT2D eigenvalue weighted by Gasteiger charge is 2.23. The minimum absolute atomic E-state index is 0.0262. The summed E-state index contributed by atoms with van der Waals surface area (Å²) in [6, 6.07) is 4.00. The molecule has 0 saturated heterocycles. The number of aryl methyl sites for hydroxylation is 3. The summed E-state index contributed by atoms with van der Waals surface area (Å²) in [7, 11) is 1.69. The summed E-state index contributed by atoms with van der Waals surface area (Å²) in [6.07, 6.45) is 4.61. The zero-order chi connectivity index (χ0) is 16.6. The number of hydrogen-bond donors (Lipinski definition) is 1. The largest absolute Gasteiger partial charge is 0.364 e. The maximum atomic E-state index is 11.1. The Balaban J connectivity index is 1.74. The van der Waals surface area contributed by atoms with Gasteiger partial charge >= 0.3 is 5.69 Å². The molecule has 0 fully saturated rings. The number of imidazole rings is 1. The smallest absolute Gasteiger partial charge is 0.333 e. The van der Waals surface area contributed by atoms with E-state index in [0.717, 1.165) is 16.9 Å². The van der Waals surface area contributed by atoms with Gasteiger partial charge in [-0.3, -0.25) is 10.1 Å². The van der Waals surface area contributed by atoms with Crippen LogP contribution in [-0.2, 0) is 13.5 Å². The topological polar surface area (TPSA) is 90.3 Å². The van der Waals surface area contributed by atoms with Gasteiger partial charge in [-0.2, -0.15) is 5.10 Å². The highest BCUT2D eigenvalue weighted by Crippen LogP contribution is 2.27. The first-order valence-corrected chi connectivity index (χ1v) is 7.32. The Bertz CT molecular complexity index is 880. The number of nitro groups is 1. The molecule has 0 atom stereocenters. The standard InChI is InChI=1S/C15H18N6O2/c1-10-5-4-8-20-9-12(17-14(10)20)6-7-16-15-13(21(22)23)11(2)18-19(15)3/h4-5,8-9,16H,6-7H2,1-3H3. The van der Waals surface area contributed by atoms with Crippen molar-refractivity contribution >= 4 is 17.2 Å². The van der Waals surface area contributed by atoms with Crippen LogP contribution < -0.4 is 5.32 Å². The number of pyridine rings is 1. The summed E-state index contributed by atoms with van der Waals surface area (Å²) in [5.74, 6) is 0.424. The van der Waals surface area contributed by atoms with E-state index in [4.69, 9.17) is 0 Å². The molecule has 8 nitrogen and oxygen atoms in total. The van der Waals surface area contributed by atoms with Gasteiger partial charge in [-0.15, -0.1) is 0 Å². The molecule has 8 heteroatoms. The number of aromatic nitrogens is 4. The van der Waals surface area contributed by atoms with Gasteiger partial charge < -0.3 is 9.72 Å². The van der Waals surface area contributed by atoms with Crippen molar-refractivity contribution in [2.24, 2.45) is 7.05 Å². The van der Waals surface area contributed by atoms with Gasteiger partial charge in [0.1, 0.15) is 11.3 Å². The minimum Gasteiger partial charge on any atom is -0.364 e. The van der Waals surface area contributed by atoms with E-state index in [9.17, 15) is 10.1 Å². The molecule has 0 amide bonds. The average Bonchev–Trinajstić information content (AvgIpc) is 3.01. The fourth-order valence-electron chi connectivity index (χ4n) is 2.70. The van der Waals surface area contributed by atoms with Crippen LogP contribution >= 0.6 is 0 Å². The first-order chi connectivity index (χ1) is 11.0. The zero-order valence-electron chi connectivity index (χ0n) is 13.3. The Morgan fingerprint density at radius 3 is 2.87 bits per heavy atom. The van der Waals surface area contributed by atoms with Crippen molar-refractivity contribution in [3.63, 3.8) is 0 Å². The van der Waals surface area contributed by atoms with E-state index in [1.165, 1.54) is 4.68 Å². The molecule has 0 aliphatic carbocycles. The summed E-state index contributed by atoms with van der Waals surface area (Å²) in [5, 5.41) is 18.3. The van der Waals surface area contributed by atoms with Gasteiger partial charge in [0.2, 0.25) is 5.82 Å². The fourth-order valence-corrected chi connectivity index (χ4v) is 2.70.